The van der Waals surface area contributed by atoms with Crippen LogP contribution in [0.2, 0.25) is 0 Å². The molecule has 1 heterocycles. The molecule has 0 amide bonds. The van der Waals surface area contributed by atoms with Crippen LogP contribution in [-0.2, 0) is 6.42 Å². The second-order valence-corrected chi connectivity index (χ2v) is 7.82. The molecule has 2 nitrogen and oxygen atoms in total. The van der Waals surface area contributed by atoms with Crippen molar-refractivity contribution >= 4 is 23.5 Å². The molecule has 1 fully saturated rings. The molecule has 19 heavy (non-hydrogen) atoms. The smallest absolute Gasteiger partial charge is 0.0589 e. The summed E-state index contributed by atoms with van der Waals surface area (Å²) < 4.78 is 0. The number of aryl methyl sites for hydroxylation is 1. The van der Waals surface area contributed by atoms with E-state index in [0.717, 1.165) is 6.42 Å². The molecule has 0 bridgehead atoms. The second-order valence-electron chi connectivity index (χ2n) is 5.05. The average Bonchev–Trinajstić information content (AvgIpc) is 2.43. The van der Waals surface area contributed by atoms with Crippen LogP contribution in [0.5, 0.6) is 0 Å². The van der Waals surface area contributed by atoms with Gasteiger partial charge in [-0.05, 0) is 17.5 Å². The number of nitrogens with two attached hydrogens (primary N) is 1. The van der Waals surface area contributed by atoms with Gasteiger partial charge in [-0.25, -0.2) is 0 Å². The minimum Gasteiger partial charge on any atom is -0.271 e. The highest BCUT2D eigenvalue weighted by molar-refractivity contribution is 8.07. The predicted molar refractivity (Wildman–Crippen MR) is 88.7 cm³/mol. The summed E-state index contributed by atoms with van der Waals surface area (Å²) in [6.07, 6.45) is 2.34. The largest absolute Gasteiger partial charge is 0.271 e. The Morgan fingerprint density at radius 3 is 2.84 bits per heavy atom. The van der Waals surface area contributed by atoms with E-state index in [4.69, 9.17) is 5.84 Å². The molecule has 3 N–H and O–H groups in total. The number of benzene rings is 1. The molecule has 3 atom stereocenters. The predicted octanol–water partition coefficient (Wildman–Crippen LogP) is 3.38. The molecule has 0 aliphatic carbocycles. The minimum atomic E-state index is 0.254. The quantitative estimate of drug-likeness (QED) is 0.645. The summed E-state index contributed by atoms with van der Waals surface area (Å²) in [5, 5.41) is 1.20. The average molecular weight is 297 g/mol. The lowest BCUT2D eigenvalue weighted by atomic mass is 9.98. The highest BCUT2D eigenvalue weighted by Crippen LogP contribution is 2.38. The van der Waals surface area contributed by atoms with Gasteiger partial charge in [0, 0.05) is 22.0 Å². The number of nitrogens with one attached hydrogen (secondary N) is 1. The monoisotopic (exact) mass is 296 g/mol. The van der Waals surface area contributed by atoms with Gasteiger partial charge in [0.1, 0.15) is 0 Å². The van der Waals surface area contributed by atoms with Crippen LogP contribution in [0, 0.1) is 0 Å². The molecular weight excluding hydrogens is 272 g/mol. The molecule has 2 rings (SSSR count). The molecule has 0 saturated carbocycles. The minimum absolute atomic E-state index is 0.254. The van der Waals surface area contributed by atoms with Crippen LogP contribution < -0.4 is 11.3 Å². The Bertz CT molecular complexity index is 397. The number of thioether (sulfide) groups is 2. The van der Waals surface area contributed by atoms with Gasteiger partial charge in [-0.2, -0.15) is 23.5 Å². The number of hydrazine groups is 1. The molecule has 1 aliphatic heterocycles. The van der Waals surface area contributed by atoms with Crippen LogP contribution in [0.15, 0.2) is 24.3 Å². The van der Waals surface area contributed by atoms with Crippen LogP contribution in [0.4, 0.5) is 0 Å². The van der Waals surface area contributed by atoms with Gasteiger partial charge in [0.25, 0.3) is 0 Å². The zero-order valence-corrected chi connectivity index (χ0v) is 13.4. The summed E-state index contributed by atoms with van der Waals surface area (Å²) in [5.74, 6) is 8.34. The number of hydrogen-bond donors (Lipinski definition) is 2. The van der Waals surface area contributed by atoms with E-state index < -0.39 is 0 Å². The molecule has 1 aromatic rings. The van der Waals surface area contributed by atoms with Gasteiger partial charge in [-0.3, -0.25) is 11.3 Å². The van der Waals surface area contributed by atoms with E-state index in [0.29, 0.717) is 10.5 Å². The zero-order valence-electron chi connectivity index (χ0n) is 11.8. The molecule has 0 aromatic heterocycles. The zero-order chi connectivity index (χ0) is 13.7. The van der Waals surface area contributed by atoms with Gasteiger partial charge in [0.05, 0.1) is 6.04 Å². The first-order valence-corrected chi connectivity index (χ1v) is 9.14. The summed E-state index contributed by atoms with van der Waals surface area (Å²) in [5.41, 5.74) is 5.81. The third-order valence-corrected chi connectivity index (χ3v) is 6.79. The Labute approximate surface area is 125 Å². The fourth-order valence-corrected chi connectivity index (χ4v) is 5.56. The molecule has 0 spiro atoms. The van der Waals surface area contributed by atoms with Crippen LogP contribution >= 0.6 is 23.5 Å². The van der Waals surface area contributed by atoms with Crippen molar-refractivity contribution in [1.82, 2.24) is 5.43 Å². The van der Waals surface area contributed by atoms with Crippen molar-refractivity contribution in [1.29, 1.82) is 0 Å². The Morgan fingerprint density at radius 1 is 1.37 bits per heavy atom. The van der Waals surface area contributed by atoms with Crippen molar-refractivity contribution < 1.29 is 0 Å². The molecule has 1 saturated heterocycles. The van der Waals surface area contributed by atoms with Crippen molar-refractivity contribution in [2.24, 2.45) is 5.84 Å². The molecule has 106 valence electrons. The first-order valence-electron chi connectivity index (χ1n) is 7.04. The maximum atomic E-state index is 5.85. The maximum Gasteiger partial charge on any atom is 0.0589 e. The van der Waals surface area contributed by atoms with Crippen molar-refractivity contribution in [2.75, 3.05) is 11.5 Å². The van der Waals surface area contributed by atoms with Gasteiger partial charge in [0.15, 0.2) is 0 Å². The second kappa shape index (κ2) is 7.58. The molecule has 4 heteroatoms. The van der Waals surface area contributed by atoms with E-state index in [9.17, 15) is 0 Å². The van der Waals surface area contributed by atoms with E-state index in [1.54, 1.807) is 0 Å². The van der Waals surface area contributed by atoms with E-state index in [1.165, 1.54) is 29.1 Å². The molecular formula is C15H24N2S2. The lowest BCUT2D eigenvalue weighted by Crippen LogP contribution is -2.40. The van der Waals surface area contributed by atoms with Gasteiger partial charge in [-0.1, -0.05) is 44.5 Å². The van der Waals surface area contributed by atoms with E-state index in [1.807, 2.05) is 0 Å². The van der Waals surface area contributed by atoms with Crippen molar-refractivity contribution in [2.45, 2.75) is 43.2 Å². The topological polar surface area (TPSA) is 38.0 Å². The van der Waals surface area contributed by atoms with Crippen LogP contribution in [-0.4, -0.2) is 22.0 Å². The van der Waals surface area contributed by atoms with Crippen LogP contribution in [0.25, 0.3) is 0 Å². The van der Waals surface area contributed by atoms with E-state index in [2.05, 4.69) is 67.1 Å². The normalized spacial score (nSPS) is 25.2. The molecule has 3 unspecified atom stereocenters. The third-order valence-electron chi connectivity index (χ3n) is 3.59. The SMILES string of the molecule is CCCc1cccc(C(NN)C2SCCSC2C)c1. The first-order chi connectivity index (χ1) is 9.26. The van der Waals surface area contributed by atoms with Crippen molar-refractivity contribution in [3.63, 3.8) is 0 Å². The Kier molecular flexibility index (Phi) is 6.07. The van der Waals surface area contributed by atoms with E-state index >= 15 is 0 Å². The first kappa shape index (κ1) is 15.2. The van der Waals surface area contributed by atoms with Crippen molar-refractivity contribution in [3.8, 4) is 0 Å². The Hall–Kier alpha value is -0.160. The summed E-state index contributed by atoms with van der Waals surface area (Å²) in [6.45, 7) is 4.54. The lowest BCUT2D eigenvalue weighted by Gasteiger charge is -2.34. The molecule has 0 radical (unpaired) electrons. The standard InChI is InChI=1S/C15H24N2S2/c1-3-5-12-6-4-7-13(10-12)14(17-16)15-11(2)18-8-9-19-15/h4,6-7,10-11,14-15,17H,3,5,8-9,16H2,1-2H3. The van der Waals surface area contributed by atoms with Crippen molar-refractivity contribution in [3.05, 3.63) is 35.4 Å². The maximum absolute atomic E-state index is 5.85. The van der Waals surface area contributed by atoms with E-state index in [-0.39, 0.29) is 6.04 Å². The Balaban J connectivity index is 2.18. The highest BCUT2D eigenvalue weighted by atomic mass is 32.2. The van der Waals surface area contributed by atoms with Gasteiger partial charge < -0.3 is 0 Å². The molecule has 1 aliphatic rings. The highest BCUT2D eigenvalue weighted by Gasteiger charge is 2.30. The fraction of sp³-hybridized carbons (Fsp3) is 0.600. The molecule has 1 aromatic carbocycles. The third kappa shape index (κ3) is 3.91. The number of rotatable bonds is 5. The summed E-state index contributed by atoms with van der Waals surface area (Å²) in [7, 11) is 0. The van der Waals surface area contributed by atoms with Crippen LogP contribution in [0.1, 0.15) is 37.4 Å². The Morgan fingerprint density at radius 2 is 2.16 bits per heavy atom. The van der Waals surface area contributed by atoms with Crippen LogP contribution in [0.3, 0.4) is 0 Å². The summed E-state index contributed by atoms with van der Waals surface area (Å²) in [4.78, 5) is 0. The summed E-state index contributed by atoms with van der Waals surface area (Å²) >= 11 is 4.12. The van der Waals surface area contributed by atoms with Gasteiger partial charge in [0.2, 0.25) is 0 Å². The fourth-order valence-electron chi connectivity index (χ4n) is 2.63. The number of hydrogen-bond acceptors (Lipinski definition) is 4. The van der Waals surface area contributed by atoms with Gasteiger partial charge in [-0.15, -0.1) is 0 Å². The summed E-state index contributed by atoms with van der Waals surface area (Å²) in [6, 6.07) is 9.16. The van der Waals surface area contributed by atoms with Gasteiger partial charge >= 0.3 is 0 Å². The lowest BCUT2D eigenvalue weighted by molar-refractivity contribution is 0.526.